The van der Waals surface area contributed by atoms with Crippen molar-refractivity contribution in [2.24, 2.45) is 5.92 Å². The molecule has 3 aliphatic rings. The smallest absolute Gasteiger partial charge is 0.225 e. The van der Waals surface area contributed by atoms with Crippen molar-refractivity contribution < 1.29 is 9.53 Å². The van der Waals surface area contributed by atoms with Gasteiger partial charge in [-0.2, -0.15) is 0 Å². The van der Waals surface area contributed by atoms with Gasteiger partial charge in [0.25, 0.3) is 0 Å². The quantitative estimate of drug-likeness (QED) is 0.696. The number of carbonyl (C=O) groups is 1. The lowest BCUT2D eigenvalue weighted by Gasteiger charge is -2.39. The Morgan fingerprint density at radius 3 is 2.47 bits per heavy atom. The van der Waals surface area contributed by atoms with E-state index in [1.54, 1.807) is 6.33 Å². The first-order valence-corrected chi connectivity index (χ1v) is 11.6. The van der Waals surface area contributed by atoms with Crippen molar-refractivity contribution in [1.82, 2.24) is 19.8 Å². The number of piperazine rings is 1. The third kappa shape index (κ3) is 5.03. The molecule has 0 saturated carbocycles. The van der Waals surface area contributed by atoms with Crippen LogP contribution in [-0.2, 0) is 9.53 Å². The topological polar surface area (TPSA) is 65.0 Å². The summed E-state index contributed by atoms with van der Waals surface area (Å²) in [5.74, 6) is 1.52. The van der Waals surface area contributed by atoms with Crippen LogP contribution in [0, 0.1) is 5.92 Å². The number of unbranched alkanes of at least 4 members (excludes halogenated alkanes) is 1. The van der Waals surface area contributed by atoms with Gasteiger partial charge in [-0.3, -0.25) is 9.69 Å². The Kier molecular flexibility index (Phi) is 7.38. The molecule has 0 bridgehead atoms. The molecule has 4 heterocycles. The summed E-state index contributed by atoms with van der Waals surface area (Å²) in [4.78, 5) is 31.2. The number of aromatic nitrogens is 2. The lowest BCUT2D eigenvalue weighted by Crippen LogP contribution is -2.51. The zero-order valence-electron chi connectivity index (χ0n) is 18.3. The Morgan fingerprint density at radius 2 is 1.77 bits per heavy atom. The molecule has 3 aliphatic heterocycles. The molecule has 8 nitrogen and oxygen atoms in total. The first-order valence-electron chi connectivity index (χ1n) is 11.6. The summed E-state index contributed by atoms with van der Waals surface area (Å²) < 4.78 is 5.49. The maximum absolute atomic E-state index is 13.1. The van der Waals surface area contributed by atoms with Gasteiger partial charge in [-0.1, -0.05) is 13.3 Å². The highest BCUT2D eigenvalue weighted by Gasteiger charge is 2.31. The second-order valence-corrected chi connectivity index (χ2v) is 8.61. The molecular formula is C22H36N6O2. The number of rotatable bonds is 6. The van der Waals surface area contributed by atoms with Crippen molar-refractivity contribution in [2.75, 3.05) is 81.9 Å². The molecule has 166 valence electrons. The molecule has 1 aromatic heterocycles. The van der Waals surface area contributed by atoms with E-state index in [-0.39, 0.29) is 5.92 Å². The van der Waals surface area contributed by atoms with Crippen molar-refractivity contribution in [2.45, 2.75) is 32.6 Å². The summed E-state index contributed by atoms with van der Waals surface area (Å²) in [5.41, 5.74) is 1.09. The Bertz CT molecular complexity index is 680. The third-order valence-corrected chi connectivity index (χ3v) is 6.68. The average Bonchev–Trinajstić information content (AvgIpc) is 2.83. The predicted molar refractivity (Wildman–Crippen MR) is 118 cm³/mol. The molecule has 1 aromatic rings. The minimum absolute atomic E-state index is 0.153. The SMILES string of the molecule is CCCCN1CCN(C(=O)C2CCN(c3cncnc3N3CCOCC3)CC2)CC1. The number of hydrogen-bond acceptors (Lipinski definition) is 7. The van der Waals surface area contributed by atoms with Crippen molar-refractivity contribution in [3.8, 4) is 0 Å². The molecule has 1 amide bonds. The number of piperidine rings is 1. The van der Waals surface area contributed by atoms with Gasteiger partial charge in [0, 0.05) is 58.3 Å². The highest BCUT2D eigenvalue weighted by molar-refractivity contribution is 5.79. The lowest BCUT2D eigenvalue weighted by molar-refractivity contribution is -0.138. The molecule has 8 heteroatoms. The van der Waals surface area contributed by atoms with E-state index < -0.39 is 0 Å². The molecule has 0 aliphatic carbocycles. The maximum Gasteiger partial charge on any atom is 0.225 e. The van der Waals surface area contributed by atoms with Crippen LogP contribution in [0.3, 0.4) is 0 Å². The van der Waals surface area contributed by atoms with Gasteiger partial charge in [0.1, 0.15) is 6.33 Å². The molecule has 3 saturated heterocycles. The molecule has 0 N–H and O–H groups in total. The third-order valence-electron chi connectivity index (χ3n) is 6.68. The van der Waals surface area contributed by atoms with Crippen LogP contribution < -0.4 is 9.80 Å². The average molecular weight is 417 g/mol. The molecule has 0 radical (unpaired) electrons. The van der Waals surface area contributed by atoms with E-state index in [2.05, 4.69) is 36.5 Å². The van der Waals surface area contributed by atoms with E-state index in [0.29, 0.717) is 5.91 Å². The minimum Gasteiger partial charge on any atom is -0.378 e. The second-order valence-electron chi connectivity index (χ2n) is 8.61. The fourth-order valence-electron chi connectivity index (χ4n) is 4.76. The number of hydrogen-bond donors (Lipinski definition) is 0. The van der Waals surface area contributed by atoms with E-state index >= 15 is 0 Å². The maximum atomic E-state index is 13.1. The summed E-state index contributed by atoms with van der Waals surface area (Å²) in [6, 6.07) is 0. The van der Waals surface area contributed by atoms with Crippen molar-refractivity contribution >= 4 is 17.4 Å². The fraction of sp³-hybridized carbons (Fsp3) is 0.773. The van der Waals surface area contributed by atoms with Gasteiger partial charge in [0.2, 0.25) is 5.91 Å². The van der Waals surface area contributed by atoms with E-state index in [4.69, 9.17) is 4.74 Å². The van der Waals surface area contributed by atoms with Crippen LogP contribution in [0.15, 0.2) is 12.5 Å². The number of carbonyl (C=O) groups excluding carboxylic acids is 1. The fourth-order valence-corrected chi connectivity index (χ4v) is 4.76. The number of amides is 1. The lowest BCUT2D eigenvalue weighted by atomic mass is 9.94. The van der Waals surface area contributed by atoms with Crippen molar-refractivity contribution in [3.05, 3.63) is 12.5 Å². The molecule has 3 fully saturated rings. The van der Waals surface area contributed by atoms with Crippen LogP contribution >= 0.6 is 0 Å². The van der Waals surface area contributed by atoms with Crippen LogP contribution in [0.5, 0.6) is 0 Å². The monoisotopic (exact) mass is 416 g/mol. The highest BCUT2D eigenvalue weighted by Crippen LogP contribution is 2.31. The van der Waals surface area contributed by atoms with Crippen molar-refractivity contribution in [1.29, 1.82) is 0 Å². The molecule has 30 heavy (non-hydrogen) atoms. The van der Waals surface area contributed by atoms with E-state index in [1.165, 1.54) is 19.4 Å². The minimum atomic E-state index is 0.153. The van der Waals surface area contributed by atoms with Crippen LogP contribution in [0.25, 0.3) is 0 Å². The van der Waals surface area contributed by atoms with Gasteiger partial charge in [-0.25, -0.2) is 9.97 Å². The van der Waals surface area contributed by atoms with Gasteiger partial charge in [-0.15, -0.1) is 0 Å². The molecule has 0 spiro atoms. The Morgan fingerprint density at radius 1 is 1.03 bits per heavy atom. The van der Waals surface area contributed by atoms with Gasteiger partial charge in [0.15, 0.2) is 5.82 Å². The van der Waals surface area contributed by atoms with Crippen LogP contribution in [-0.4, -0.2) is 97.8 Å². The largest absolute Gasteiger partial charge is 0.378 e. The summed E-state index contributed by atoms with van der Waals surface area (Å²) in [7, 11) is 0. The Balaban J connectivity index is 1.30. The molecule has 0 atom stereocenters. The van der Waals surface area contributed by atoms with E-state index in [0.717, 1.165) is 89.9 Å². The molecule has 4 rings (SSSR count). The summed E-state index contributed by atoms with van der Waals surface area (Å²) in [6.45, 7) is 12.2. The van der Waals surface area contributed by atoms with Gasteiger partial charge in [-0.05, 0) is 25.8 Å². The van der Waals surface area contributed by atoms with Crippen LogP contribution in [0.1, 0.15) is 32.6 Å². The summed E-state index contributed by atoms with van der Waals surface area (Å²) in [5, 5.41) is 0. The number of morpholine rings is 1. The van der Waals surface area contributed by atoms with Crippen molar-refractivity contribution in [3.63, 3.8) is 0 Å². The zero-order valence-corrected chi connectivity index (χ0v) is 18.3. The van der Waals surface area contributed by atoms with E-state index in [1.807, 2.05) is 6.20 Å². The van der Waals surface area contributed by atoms with E-state index in [9.17, 15) is 4.79 Å². The summed E-state index contributed by atoms with van der Waals surface area (Å²) >= 11 is 0. The van der Waals surface area contributed by atoms with Gasteiger partial charge < -0.3 is 19.4 Å². The Labute approximate surface area is 180 Å². The number of anilines is 2. The van der Waals surface area contributed by atoms with Crippen LogP contribution in [0.4, 0.5) is 11.5 Å². The van der Waals surface area contributed by atoms with Crippen LogP contribution in [0.2, 0.25) is 0 Å². The first-order chi connectivity index (χ1) is 14.8. The zero-order chi connectivity index (χ0) is 20.8. The highest BCUT2D eigenvalue weighted by atomic mass is 16.5. The predicted octanol–water partition coefficient (Wildman–Crippen LogP) is 1.47. The normalized spacial score (nSPS) is 21.8. The molecular weight excluding hydrogens is 380 g/mol. The van der Waals surface area contributed by atoms with Gasteiger partial charge in [0.05, 0.1) is 25.1 Å². The molecule has 0 aromatic carbocycles. The second kappa shape index (κ2) is 10.4. The van der Waals surface area contributed by atoms with Gasteiger partial charge >= 0.3 is 0 Å². The summed E-state index contributed by atoms with van der Waals surface area (Å²) in [6.07, 6.45) is 7.86. The number of nitrogens with zero attached hydrogens (tertiary/aromatic N) is 6. The number of ether oxygens (including phenoxy) is 1. The molecule has 0 unspecified atom stereocenters. The standard InChI is InChI=1S/C22H36N6O2/c1-2-3-6-25-9-11-28(12-10-25)22(29)19-4-7-26(8-5-19)20-17-23-18-24-21(20)27-13-15-30-16-14-27/h17-19H,2-16H2,1H3. The first kappa shape index (κ1) is 21.3. The Hall–Kier alpha value is -1.93.